The van der Waals surface area contributed by atoms with Gasteiger partial charge in [0.15, 0.2) is 6.29 Å². The Kier molecular flexibility index (Phi) is 57.2. The molecule has 1 rings (SSSR count). The van der Waals surface area contributed by atoms with E-state index in [0.717, 1.165) is 70.6 Å². The molecule has 0 saturated carbocycles. The van der Waals surface area contributed by atoms with Crippen LogP contribution in [0.4, 0.5) is 0 Å². The minimum atomic E-state index is -1.58. The summed E-state index contributed by atoms with van der Waals surface area (Å²) < 4.78 is 16.7. The van der Waals surface area contributed by atoms with Crippen LogP contribution in [0.25, 0.3) is 0 Å². The number of esters is 1. The number of carbonyl (C=O) groups excluding carboxylic acids is 2. The highest BCUT2D eigenvalue weighted by molar-refractivity contribution is 5.76. The molecule has 1 aliphatic heterocycles. The average molecular weight is 1170 g/mol. The Hall–Kier alpha value is -2.90. The number of allylic oxidation sites excluding steroid dienone is 11. The first kappa shape index (κ1) is 78.1. The second kappa shape index (κ2) is 60.8. The molecule has 0 spiro atoms. The SMILES string of the molecule is CCCCC/C=C\C/C=C\CCCCCCCC(=O)OCCCCCCCCCCC/C=C\C/C=C\CCCCCCCCCCCCCCCCCC(=O)NC(COC1OC(CO)C(O)C(O)C1O)C(O)/C=C/CC/C=C/CCCCC. The largest absolute Gasteiger partial charge is 0.466 e. The molecule has 0 aromatic rings. The fourth-order valence-electron chi connectivity index (χ4n) is 10.5. The van der Waals surface area contributed by atoms with Crippen molar-refractivity contribution in [1.29, 1.82) is 0 Å². The lowest BCUT2D eigenvalue weighted by atomic mass is 9.99. The maximum Gasteiger partial charge on any atom is 0.305 e. The van der Waals surface area contributed by atoms with Crippen LogP contribution in [0, 0.1) is 0 Å². The molecule has 1 fully saturated rings. The average Bonchev–Trinajstić information content (AvgIpc) is 3.58. The Balaban J connectivity index is 1.93. The highest BCUT2D eigenvalue weighted by atomic mass is 16.7. The van der Waals surface area contributed by atoms with Gasteiger partial charge in [0.25, 0.3) is 0 Å². The minimum absolute atomic E-state index is 0.00967. The summed E-state index contributed by atoms with van der Waals surface area (Å²) in [6.45, 7) is 4.25. The fraction of sp³-hybridized carbons (Fsp3) is 0.806. The predicted molar refractivity (Wildman–Crippen MR) is 347 cm³/mol. The van der Waals surface area contributed by atoms with Gasteiger partial charge in [-0.2, -0.15) is 0 Å². The molecule has 0 aromatic heterocycles. The van der Waals surface area contributed by atoms with E-state index in [1.165, 1.54) is 212 Å². The van der Waals surface area contributed by atoms with Gasteiger partial charge in [0, 0.05) is 12.8 Å². The lowest BCUT2D eigenvalue weighted by molar-refractivity contribution is -0.302. The topological polar surface area (TPSA) is 175 Å². The number of hydrogen-bond donors (Lipinski definition) is 6. The molecule has 83 heavy (non-hydrogen) atoms. The summed E-state index contributed by atoms with van der Waals surface area (Å²) >= 11 is 0. The second-order valence-corrected chi connectivity index (χ2v) is 23.9. The van der Waals surface area contributed by atoms with E-state index in [9.17, 15) is 35.1 Å². The predicted octanol–water partition coefficient (Wildman–Crippen LogP) is 17.5. The molecule has 1 saturated heterocycles. The first-order valence-corrected chi connectivity index (χ1v) is 34.7. The van der Waals surface area contributed by atoms with Crippen molar-refractivity contribution in [2.45, 2.75) is 352 Å². The normalized spacial score (nSPS) is 18.6. The Morgan fingerprint density at radius 2 is 0.819 bits per heavy atom. The number of carbonyl (C=O) groups is 2. The van der Waals surface area contributed by atoms with Gasteiger partial charge in [0.2, 0.25) is 5.91 Å². The number of aliphatic hydroxyl groups excluding tert-OH is 5. The molecule has 11 heteroatoms. The molecule has 6 N–H and O–H groups in total. The van der Waals surface area contributed by atoms with Gasteiger partial charge in [-0.15, -0.1) is 0 Å². The zero-order chi connectivity index (χ0) is 60.2. The molecule has 482 valence electrons. The van der Waals surface area contributed by atoms with Crippen molar-refractivity contribution >= 4 is 11.9 Å². The quantitative estimate of drug-likeness (QED) is 0.0195. The highest BCUT2D eigenvalue weighted by Crippen LogP contribution is 2.23. The summed E-state index contributed by atoms with van der Waals surface area (Å²) in [5, 5.41) is 54.2. The number of unbranched alkanes of at least 4 members (excludes halogenated alkanes) is 36. The van der Waals surface area contributed by atoms with Gasteiger partial charge >= 0.3 is 5.97 Å². The third-order valence-electron chi connectivity index (χ3n) is 16.0. The van der Waals surface area contributed by atoms with E-state index in [1.54, 1.807) is 6.08 Å². The van der Waals surface area contributed by atoms with Crippen LogP contribution in [-0.2, 0) is 23.8 Å². The molecule has 1 aliphatic rings. The van der Waals surface area contributed by atoms with Gasteiger partial charge in [-0.3, -0.25) is 9.59 Å². The Bertz CT molecular complexity index is 1610. The van der Waals surface area contributed by atoms with Crippen molar-refractivity contribution < 1.29 is 49.3 Å². The van der Waals surface area contributed by atoms with Crippen molar-refractivity contribution in [3.05, 3.63) is 72.9 Å². The van der Waals surface area contributed by atoms with E-state index in [1.807, 2.05) is 6.08 Å². The summed E-state index contributed by atoms with van der Waals surface area (Å²) in [7, 11) is 0. The van der Waals surface area contributed by atoms with Gasteiger partial charge in [-0.25, -0.2) is 0 Å². The summed E-state index contributed by atoms with van der Waals surface area (Å²) in [6.07, 6.45) is 72.0. The fourth-order valence-corrected chi connectivity index (χ4v) is 10.5. The molecular weight excluding hydrogens is 1040 g/mol. The highest BCUT2D eigenvalue weighted by Gasteiger charge is 2.44. The lowest BCUT2D eigenvalue weighted by Crippen LogP contribution is -2.60. The molecular formula is C72H129NO10. The Morgan fingerprint density at radius 3 is 1.27 bits per heavy atom. The van der Waals surface area contributed by atoms with Crippen molar-refractivity contribution in [3.8, 4) is 0 Å². The van der Waals surface area contributed by atoms with E-state index in [4.69, 9.17) is 14.2 Å². The third kappa shape index (κ3) is 49.9. The van der Waals surface area contributed by atoms with Gasteiger partial charge in [-0.05, 0) is 109 Å². The van der Waals surface area contributed by atoms with Crippen LogP contribution in [0.2, 0.25) is 0 Å². The first-order chi connectivity index (χ1) is 40.7. The van der Waals surface area contributed by atoms with E-state index in [-0.39, 0.29) is 18.5 Å². The molecule has 0 aromatic carbocycles. The molecule has 7 unspecified atom stereocenters. The zero-order valence-corrected chi connectivity index (χ0v) is 53.4. The lowest BCUT2D eigenvalue weighted by Gasteiger charge is -2.40. The van der Waals surface area contributed by atoms with E-state index in [2.05, 4.69) is 79.9 Å². The summed E-state index contributed by atoms with van der Waals surface area (Å²) in [5.41, 5.74) is 0. The number of nitrogens with one attached hydrogen (secondary N) is 1. The van der Waals surface area contributed by atoms with Crippen LogP contribution < -0.4 is 5.32 Å². The smallest absolute Gasteiger partial charge is 0.305 e. The molecule has 7 atom stereocenters. The maximum absolute atomic E-state index is 13.0. The molecule has 11 nitrogen and oxygen atoms in total. The van der Waals surface area contributed by atoms with E-state index >= 15 is 0 Å². The van der Waals surface area contributed by atoms with Gasteiger partial charge < -0.3 is 45.1 Å². The second-order valence-electron chi connectivity index (χ2n) is 23.9. The van der Waals surface area contributed by atoms with Gasteiger partial charge in [0.05, 0.1) is 32.0 Å². The van der Waals surface area contributed by atoms with Crippen molar-refractivity contribution in [2.75, 3.05) is 19.8 Å². The van der Waals surface area contributed by atoms with E-state index in [0.29, 0.717) is 19.4 Å². The summed E-state index contributed by atoms with van der Waals surface area (Å²) in [5.74, 6) is -0.204. The number of aliphatic hydroxyl groups is 5. The molecule has 1 amide bonds. The molecule has 0 aliphatic carbocycles. The van der Waals surface area contributed by atoms with Crippen LogP contribution >= 0.6 is 0 Å². The van der Waals surface area contributed by atoms with Gasteiger partial charge in [0.1, 0.15) is 24.4 Å². The Morgan fingerprint density at radius 1 is 0.446 bits per heavy atom. The number of rotatable bonds is 60. The van der Waals surface area contributed by atoms with Crippen LogP contribution in [0.5, 0.6) is 0 Å². The van der Waals surface area contributed by atoms with Crippen LogP contribution in [-0.4, -0.2) is 100 Å². The van der Waals surface area contributed by atoms with Crippen LogP contribution in [0.3, 0.4) is 0 Å². The van der Waals surface area contributed by atoms with Crippen molar-refractivity contribution in [3.63, 3.8) is 0 Å². The van der Waals surface area contributed by atoms with Crippen LogP contribution in [0.15, 0.2) is 72.9 Å². The Labute approximate surface area is 509 Å². The summed E-state index contributed by atoms with van der Waals surface area (Å²) in [4.78, 5) is 25.1. The first-order valence-electron chi connectivity index (χ1n) is 34.7. The monoisotopic (exact) mass is 1170 g/mol. The zero-order valence-electron chi connectivity index (χ0n) is 53.4. The number of hydrogen-bond acceptors (Lipinski definition) is 10. The van der Waals surface area contributed by atoms with E-state index < -0.39 is 49.5 Å². The van der Waals surface area contributed by atoms with Gasteiger partial charge in [-0.1, -0.05) is 260 Å². The molecule has 1 heterocycles. The standard InChI is InChI=1S/C72H129NO10/c1-3-5-7-9-11-13-14-15-33-37-40-44-48-52-56-60-68(77)81-61-57-53-49-45-41-38-35-32-30-28-26-24-22-20-18-16-17-19-21-23-25-27-29-31-34-36-39-43-47-51-55-59-67(76)73-64(65(75)58-54-50-46-42-12-10-8-6-4-2)63-82-72-71(80)70(79)69(78)66(62-74)83-72/h11-13,15,18,20,24,26,33,42,54,58,64-66,69-72,74-75,78-80H,3-10,14,16-17,19,21-23,25,27-32,34-41,43-53,55-57,59-63H2,1-2H3,(H,73,76)/b13-11-,20-18-,26-24-,33-15-,42-12+,58-54+. The van der Waals surface area contributed by atoms with Crippen molar-refractivity contribution in [2.24, 2.45) is 0 Å². The molecule has 0 radical (unpaired) electrons. The van der Waals surface area contributed by atoms with Crippen molar-refractivity contribution in [1.82, 2.24) is 5.32 Å². The number of ether oxygens (including phenoxy) is 3. The number of amides is 1. The summed E-state index contributed by atoms with van der Waals surface area (Å²) in [6, 6.07) is -0.827. The molecule has 0 bridgehead atoms. The maximum atomic E-state index is 13.0. The minimum Gasteiger partial charge on any atom is -0.466 e. The van der Waals surface area contributed by atoms with Crippen LogP contribution in [0.1, 0.15) is 309 Å². The third-order valence-corrected chi connectivity index (χ3v) is 16.0.